The first-order chi connectivity index (χ1) is 14.0. The van der Waals surface area contributed by atoms with Crippen molar-refractivity contribution in [2.75, 3.05) is 12.8 Å². The Morgan fingerprint density at radius 1 is 1.03 bits per heavy atom. The number of nitrogen functional groups attached to an aromatic ring is 1. The molecule has 29 heavy (non-hydrogen) atoms. The predicted molar refractivity (Wildman–Crippen MR) is 110 cm³/mol. The second-order valence-corrected chi connectivity index (χ2v) is 6.80. The minimum atomic E-state index is -0.321. The van der Waals surface area contributed by atoms with E-state index in [-0.39, 0.29) is 11.8 Å². The number of ether oxygens (including phenoxy) is 1. The van der Waals surface area contributed by atoms with Gasteiger partial charge in [-0.15, -0.1) is 10.2 Å². The highest BCUT2D eigenvalue weighted by Gasteiger charge is 2.20. The van der Waals surface area contributed by atoms with E-state index in [0.717, 1.165) is 38.7 Å². The molecule has 8 heteroatoms. The van der Waals surface area contributed by atoms with Crippen LogP contribution in [-0.2, 0) is 7.05 Å². The molecule has 0 radical (unpaired) electrons. The first-order valence-electron chi connectivity index (χ1n) is 8.96. The van der Waals surface area contributed by atoms with Crippen molar-refractivity contribution >= 4 is 27.8 Å². The SMILES string of the molecule is COc1ccc2[nH]cc(-c3nnc(N)nc3-c3cn(C)c4ccc(F)cc34)c2c1. The Kier molecular flexibility index (Phi) is 3.73. The Balaban J connectivity index is 1.82. The second-order valence-electron chi connectivity index (χ2n) is 6.80. The standard InChI is InChI=1S/C21H17FN6O/c1-28-10-16(14-7-11(22)3-6-18(14)28)19-20(26-27-21(23)25-19)15-9-24-17-5-4-12(29-2)8-13(15)17/h3-10,24H,1-2H3,(H2,23,25,27). The lowest BCUT2D eigenvalue weighted by atomic mass is 10.0. The summed E-state index contributed by atoms with van der Waals surface area (Å²) in [6.07, 6.45) is 3.74. The normalized spacial score (nSPS) is 11.4. The molecule has 0 aliphatic carbocycles. The summed E-state index contributed by atoms with van der Waals surface area (Å²) in [4.78, 5) is 7.70. The average molecular weight is 388 g/mol. The van der Waals surface area contributed by atoms with E-state index in [1.165, 1.54) is 12.1 Å². The number of aromatic amines is 1. The number of benzene rings is 2. The summed E-state index contributed by atoms with van der Waals surface area (Å²) in [6.45, 7) is 0. The van der Waals surface area contributed by atoms with Crippen LogP contribution in [0.2, 0.25) is 0 Å². The van der Waals surface area contributed by atoms with Crippen molar-refractivity contribution in [3.05, 3.63) is 54.6 Å². The Hall–Kier alpha value is -3.94. The molecule has 5 rings (SSSR count). The molecule has 3 heterocycles. The highest BCUT2D eigenvalue weighted by atomic mass is 19.1. The highest BCUT2D eigenvalue weighted by Crippen LogP contribution is 2.38. The molecule has 0 spiro atoms. The summed E-state index contributed by atoms with van der Waals surface area (Å²) < 4.78 is 21.3. The van der Waals surface area contributed by atoms with Crippen LogP contribution in [0.4, 0.5) is 10.3 Å². The summed E-state index contributed by atoms with van der Waals surface area (Å²) in [5, 5.41) is 9.95. The molecule has 144 valence electrons. The summed E-state index contributed by atoms with van der Waals surface area (Å²) >= 11 is 0. The Morgan fingerprint density at radius 2 is 1.90 bits per heavy atom. The van der Waals surface area contributed by atoms with Gasteiger partial charge in [-0.2, -0.15) is 0 Å². The van der Waals surface area contributed by atoms with Crippen LogP contribution < -0.4 is 10.5 Å². The zero-order valence-corrected chi connectivity index (χ0v) is 15.8. The van der Waals surface area contributed by atoms with Crippen LogP contribution in [0.5, 0.6) is 5.75 Å². The van der Waals surface area contributed by atoms with Gasteiger partial charge in [-0.25, -0.2) is 9.37 Å². The fraction of sp³-hybridized carbons (Fsp3) is 0.0952. The quantitative estimate of drug-likeness (QED) is 0.489. The third-order valence-corrected chi connectivity index (χ3v) is 5.05. The number of rotatable bonds is 3. The first kappa shape index (κ1) is 17.2. The number of methoxy groups -OCH3 is 1. The molecule has 5 aromatic rings. The maximum atomic E-state index is 14.0. The van der Waals surface area contributed by atoms with Crippen LogP contribution in [-0.4, -0.2) is 31.8 Å². The lowest BCUT2D eigenvalue weighted by Gasteiger charge is -2.07. The number of hydrogen-bond acceptors (Lipinski definition) is 5. The molecule has 3 aromatic heterocycles. The van der Waals surface area contributed by atoms with Gasteiger partial charge in [0, 0.05) is 52.4 Å². The Morgan fingerprint density at radius 3 is 2.72 bits per heavy atom. The lowest BCUT2D eigenvalue weighted by Crippen LogP contribution is -2.02. The summed E-state index contributed by atoms with van der Waals surface area (Å²) in [7, 11) is 3.52. The Bertz CT molecular complexity index is 1390. The summed E-state index contributed by atoms with van der Waals surface area (Å²) in [6, 6.07) is 10.4. The number of hydrogen-bond donors (Lipinski definition) is 2. The molecule has 3 N–H and O–H groups in total. The van der Waals surface area contributed by atoms with Gasteiger partial charge < -0.3 is 20.0 Å². The van der Waals surface area contributed by atoms with Gasteiger partial charge in [-0.05, 0) is 36.4 Å². The van der Waals surface area contributed by atoms with Crippen LogP contribution in [0.3, 0.4) is 0 Å². The molecule has 0 amide bonds. The second kappa shape index (κ2) is 6.30. The van der Waals surface area contributed by atoms with E-state index in [1.807, 2.05) is 42.2 Å². The zero-order chi connectivity index (χ0) is 20.1. The van der Waals surface area contributed by atoms with Gasteiger partial charge >= 0.3 is 0 Å². The third-order valence-electron chi connectivity index (χ3n) is 5.05. The van der Waals surface area contributed by atoms with Gasteiger partial charge in [-0.1, -0.05) is 0 Å². The van der Waals surface area contributed by atoms with Crippen molar-refractivity contribution in [3.8, 4) is 28.3 Å². The maximum absolute atomic E-state index is 14.0. The van der Waals surface area contributed by atoms with Crippen LogP contribution in [0.25, 0.3) is 44.3 Å². The van der Waals surface area contributed by atoms with Gasteiger partial charge in [0.25, 0.3) is 0 Å². The monoisotopic (exact) mass is 388 g/mol. The van der Waals surface area contributed by atoms with Crippen molar-refractivity contribution in [3.63, 3.8) is 0 Å². The minimum absolute atomic E-state index is 0.0505. The summed E-state index contributed by atoms with van der Waals surface area (Å²) in [5.74, 6) is 0.455. The van der Waals surface area contributed by atoms with Crippen molar-refractivity contribution < 1.29 is 9.13 Å². The van der Waals surface area contributed by atoms with Crippen LogP contribution in [0, 0.1) is 5.82 Å². The molecule has 0 aliphatic heterocycles. The van der Waals surface area contributed by atoms with Gasteiger partial charge in [0.05, 0.1) is 7.11 Å². The number of fused-ring (bicyclic) bond motifs is 2. The molecule has 2 aromatic carbocycles. The Labute approximate surface area is 165 Å². The smallest absolute Gasteiger partial charge is 0.240 e. The van der Waals surface area contributed by atoms with E-state index in [4.69, 9.17) is 10.5 Å². The number of anilines is 1. The average Bonchev–Trinajstić information content (AvgIpc) is 3.28. The predicted octanol–water partition coefficient (Wildman–Crippen LogP) is 3.91. The number of aromatic nitrogens is 5. The van der Waals surface area contributed by atoms with Crippen molar-refractivity contribution in [1.82, 2.24) is 24.7 Å². The van der Waals surface area contributed by atoms with E-state index >= 15 is 0 Å². The molecule has 0 aliphatic rings. The molecule has 0 atom stereocenters. The minimum Gasteiger partial charge on any atom is -0.497 e. The molecule has 0 saturated carbocycles. The fourth-order valence-corrected chi connectivity index (χ4v) is 3.68. The zero-order valence-electron chi connectivity index (χ0n) is 15.8. The van der Waals surface area contributed by atoms with Crippen molar-refractivity contribution in [1.29, 1.82) is 0 Å². The van der Waals surface area contributed by atoms with E-state index in [9.17, 15) is 4.39 Å². The lowest BCUT2D eigenvalue weighted by molar-refractivity contribution is 0.415. The fourth-order valence-electron chi connectivity index (χ4n) is 3.68. The molecular formula is C21H17FN6O. The number of halogens is 1. The molecule has 7 nitrogen and oxygen atoms in total. The van der Waals surface area contributed by atoms with Gasteiger partial charge in [0.15, 0.2) is 0 Å². The van der Waals surface area contributed by atoms with Crippen molar-refractivity contribution in [2.45, 2.75) is 0 Å². The largest absolute Gasteiger partial charge is 0.497 e. The van der Waals surface area contributed by atoms with E-state index in [1.54, 1.807) is 13.2 Å². The topological polar surface area (TPSA) is 94.6 Å². The van der Waals surface area contributed by atoms with Crippen LogP contribution >= 0.6 is 0 Å². The van der Waals surface area contributed by atoms with E-state index in [2.05, 4.69) is 20.2 Å². The van der Waals surface area contributed by atoms with Gasteiger partial charge in [-0.3, -0.25) is 0 Å². The van der Waals surface area contributed by atoms with Crippen LogP contribution in [0.15, 0.2) is 48.8 Å². The molecule has 0 unspecified atom stereocenters. The molecule has 0 bridgehead atoms. The van der Waals surface area contributed by atoms with Crippen LogP contribution in [0.1, 0.15) is 0 Å². The number of nitrogens with zero attached hydrogens (tertiary/aromatic N) is 4. The van der Waals surface area contributed by atoms with Gasteiger partial charge in [0.2, 0.25) is 5.95 Å². The number of nitrogens with two attached hydrogens (primary N) is 1. The van der Waals surface area contributed by atoms with E-state index < -0.39 is 0 Å². The summed E-state index contributed by atoms with van der Waals surface area (Å²) in [5.41, 5.74) is 10.3. The maximum Gasteiger partial charge on any atom is 0.240 e. The molecule has 0 saturated heterocycles. The molecular weight excluding hydrogens is 371 g/mol. The molecule has 0 fully saturated rings. The van der Waals surface area contributed by atoms with Crippen molar-refractivity contribution in [2.24, 2.45) is 7.05 Å². The first-order valence-corrected chi connectivity index (χ1v) is 8.96. The third kappa shape index (κ3) is 2.68. The van der Waals surface area contributed by atoms with E-state index in [0.29, 0.717) is 11.4 Å². The number of H-pyrrole nitrogens is 1. The highest BCUT2D eigenvalue weighted by molar-refractivity contribution is 6.03. The number of aryl methyl sites for hydroxylation is 1. The number of nitrogens with one attached hydrogen (secondary N) is 1. The van der Waals surface area contributed by atoms with Gasteiger partial charge in [0.1, 0.15) is 23.0 Å².